The van der Waals surface area contributed by atoms with Crippen LogP contribution in [-0.4, -0.2) is 59.9 Å². The molecule has 0 heterocycles. The van der Waals surface area contributed by atoms with E-state index < -0.39 is 51.1 Å². The molecule has 316 valence electrons. The van der Waals surface area contributed by atoms with E-state index >= 15 is 0 Å². The lowest BCUT2D eigenvalue weighted by Crippen LogP contribution is -2.34. The second-order valence-corrected chi connectivity index (χ2v) is 15.2. The number of aliphatic carboxylic acids is 1. The normalized spacial score (nSPS) is 14.4. The van der Waals surface area contributed by atoms with E-state index in [1.54, 1.807) is 0 Å². The van der Waals surface area contributed by atoms with Crippen LogP contribution in [0.4, 0.5) is 0 Å². The number of phosphoric acid groups is 1. The fourth-order valence-electron chi connectivity index (χ4n) is 5.23. The molecule has 4 N–H and O–H groups in total. The molecule has 0 bridgehead atoms. The number of hydrogen-bond acceptors (Lipinski definition) is 9. The van der Waals surface area contributed by atoms with E-state index in [1.807, 2.05) is 0 Å². The number of carbonyl (C=O) groups is 3. The summed E-state index contributed by atoms with van der Waals surface area (Å²) in [4.78, 5) is 45.8. The third-order valence-electron chi connectivity index (χ3n) is 8.48. The SMILES string of the molecule is CC/C=C\C/C=C\C/C=C\C/C=C\CCCCCCCCCCC(=O)OC(COC(=O)CCCCCCC/C=C\CCC)COP(=O)(O)OCC(N)C(=O)O. The zero-order valence-electron chi connectivity index (χ0n) is 34.0. The Labute approximate surface area is 332 Å². The minimum Gasteiger partial charge on any atom is -0.480 e. The summed E-state index contributed by atoms with van der Waals surface area (Å²) in [7, 11) is -4.72. The average Bonchev–Trinajstić information content (AvgIpc) is 3.16. The van der Waals surface area contributed by atoms with Crippen LogP contribution in [0.2, 0.25) is 0 Å². The molecule has 0 fully saturated rings. The number of ether oxygens (including phenoxy) is 2. The van der Waals surface area contributed by atoms with Crippen LogP contribution in [0.15, 0.2) is 60.8 Å². The highest BCUT2D eigenvalue weighted by Gasteiger charge is 2.28. The van der Waals surface area contributed by atoms with Gasteiger partial charge < -0.3 is 25.2 Å². The second-order valence-electron chi connectivity index (χ2n) is 13.7. The Hall–Kier alpha value is -2.82. The lowest BCUT2D eigenvalue weighted by atomic mass is 10.1. The van der Waals surface area contributed by atoms with Crippen LogP contribution in [0.25, 0.3) is 0 Å². The van der Waals surface area contributed by atoms with Crippen molar-refractivity contribution < 1.29 is 47.5 Å². The summed E-state index contributed by atoms with van der Waals surface area (Å²) in [6, 6.07) is -1.53. The molecule has 0 aromatic carbocycles. The summed E-state index contributed by atoms with van der Waals surface area (Å²) in [5.41, 5.74) is 5.32. The predicted molar refractivity (Wildman–Crippen MR) is 221 cm³/mol. The van der Waals surface area contributed by atoms with Gasteiger partial charge in [0.2, 0.25) is 0 Å². The minimum absolute atomic E-state index is 0.147. The van der Waals surface area contributed by atoms with E-state index in [0.29, 0.717) is 12.8 Å². The molecule has 0 amide bonds. The number of allylic oxidation sites excluding steroid dienone is 10. The molecule has 0 rings (SSSR count). The number of phosphoric ester groups is 1. The number of rotatable bonds is 38. The van der Waals surface area contributed by atoms with E-state index in [4.69, 9.17) is 24.8 Å². The Morgan fingerprint density at radius 1 is 0.582 bits per heavy atom. The van der Waals surface area contributed by atoms with Crippen molar-refractivity contribution in [1.82, 2.24) is 0 Å². The minimum atomic E-state index is -4.72. The van der Waals surface area contributed by atoms with Crippen molar-refractivity contribution in [3.05, 3.63) is 60.8 Å². The van der Waals surface area contributed by atoms with Crippen LogP contribution in [0.3, 0.4) is 0 Å². The Morgan fingerprint density at radius 2 is 1.02 bits per heavy atom. The molecular formula is C43H74NO10P. The molecule has 0 saturated carbocycles. The first-order valence-corrected chi connectivity index (χ1v) is 22.3. The standard InChI is InChI=1S/C43H74NO10P/c1-3-5-7-9-11-13-15-16-17-18-19-20-21-22-23-24-25-27-29-31-33-35-42(46)54-39(37-52-55(49,50)53-38-40(44)43(47)48)36-51-41(45)34-32-30-28-26-14-12-10-8-6-4-2/h5,7-8,10-11,13,16-17,19-20,39-40H,3-4,6,9,12,14-15,18,21-38,44H2,1-2H3,(H,47,48)(H,49,50)/b7-5-,10-8-,13-11-,17-16-,20-19-. The van der Waals surface area contributed by atoms with Gasteiger partial charge in [0.15, 0.2) is 6.10 Å². The number of nitrogens with two attached hydrogens (primary N) is 1. The van der Waals surface area contributed by atoms with Gasteiger partial charge in [0.25, 0.3) is 0 Å². The molecule has 0 aliphatic rings. The van der Waals surface area contributed by atoms with Crippen molar-refractivity contribution in [2.75, 3.05) is 19.8 Å². The van der Waals surface area contributed by atoms with Crippen molar-refractivity contribution in [2.45, 2.75) is 174 Å². The summed E-state index contributed by atoms with van der Waals surface area (Å²) >= 11 is 0. The van der Waals surface area contributed by atoms with Crippen molar-refractivity contribution in [3.8, 4) is 0 Å². The summed E-state index contributed by atoms with van der Waals surface area (Å²) < 4.78 is 32.6. The fourth-order valence-corrected chi connectivity index (χ4v) is 6.01. The molecule has 0 aliphatic heterocycles. The van der Waals surface area contributed by atoms with Gasteiger partial charge in [0.05, 0.1) is 13.2 Å². The van der Waals surface area contributed by atoms with Gasteiger partial charge in [-0.15, -0.1) is 0 Å². The van der Waals surface area contributed by atoms with Gasteiger partial charge in [-0.1, -0.05) is 139 Å². The number of hydrogen-bond donors (Lipinski definition) is 3. The van der Waals surface area contributed by atoms with E-state index in [2.05, 4.69) is 79.1 Å². The highest BCUT2D eigenvalue weighted by atomic mass is 31.2. The van der Waals surface area contributed by atoms with Gasteiger partial charge in [-0.2, -0.15) is 0 Å². The van der Waals surface area contributed by atoms with Gasteiger partial charge in [0, 0.05) is 12.8 Å². The third kappa shape index (κ3) is 37.9. The van der Waals surface area contributed by atoms with Gasteiger partial charge in [-0.05, 0) is 70.6 Å². The third-order valence-corrected chi connectivity index (χ3v) is 9.43. The van der Waals surface area contributed by atoms with Crippen LogP contribution < -0.4 is 5.73 Å². The second kappa shape index (κ2) is 38.1. The first-order chi connectivity index (χ1) is 26.6. The number of carboxylic acid groups (broad SMARTS) is 1. The van der Waals surface area contributed by atoms with Gasteiger partial charge in [0.1, 0.15) is 12.6 Å². The largest absolute Gasteiger partial charge is 0.480 e. The summed E-state index contributed by atoms with van der Waals surface area (Å²) in [6.07, 6.45) is 42.9. The average molecular weight is 796 g/mol. The quantitative estimate of drug-likeness (QED) is 0.0235. The molecule has 0 spiro atoms. The van der Waals surface area contributed by atoms with Gasteiger partial charge >= 0.3 is 25.7 Å². The Balaban J connectivity index is 4.34. The Morgan fingerprint density at radius 3 is 1.55 bits per heavy atom. The number of carbonyl (C=O) groups excluding carboxylic acids is 2. The van der Waals surface area contributed by atoms with Crippen molar-refractivity contribution >= 4 is 25.7 Å². The first kappa shape index (κ1) is 52.2. The molecule has 3 atom stereocenters. The van der Waals surface area contributed by atoms with Crippen molar-refractivity contribution in [2.24, 2.45) is 5.73 Å². The smallest absolute Gasteiger partial charge is 0.472 e. The zero-order valence-corrected chi connectivity index (χ0v) is 34.9. The van der Waals surface area contributed by atoms with Crippen molar-refractivity contribution in [1.29, 1.82) is 0 Å². The molecule has 12 heteroatoms. The molecule has 0 aromatic rings. The molecule has 0 aromatic heterocycles. The van der Waals surface area contributed by atoms with Crippen LogP contribution >= 0.6 is 7.82 Å². The number of unbranched alkanes of at least 4 members (excludes halogenated alkanes) is 14. The summed E-state index contributed by atoms with van der Waals surface area (Å²) in [5, 5.41) is 8.87. The molecule has 3 unspecified atom stereocenters. The highest BCUT2D eigenvalue weighted by Crippen LogP contribution is 2.43. The maximum Gasteiger partial charge on any atom is 0.472 e. The summed E-state index contributed by atoms with van der Waals surface area (Å²) in [5.74, 6) is -2.41. The molecule has 55 heavy (non-hydrogen) atoms. The van der Waals surface area contributed by atoms with Gasteiger partial charge in [-0.25, -0.2) is 4.57 Å². The summed E-state index contributed by atoms with van der Waals surface area (Å²) in [6.45, 7) is 2.59. The van der Waals surface area contributed by atoms with E-state index in [9.17, 15) is 23.8 Å². The number of esters is 2. The lowest BCUT2D eigenvalue weighted by Gasteiger charge is -2.20. The van der Waals surface area contributed by atoms with E-state index in [1.165, 1.54) is 19.3 Å². The highest BCUT2D eigenvalue weighted by molar-refractivity contribution is 7.47. The predicted octanol–water partition coefficient (Wildman–Crippen LogP) is 10.8. The Bertz CT molecular complexity index is 1170. The van der Waals surface area contributed by atoms with Crippen LogP contribution in [0, 0.1) is 0 Å². The fraction of sp³-hybridized carbons (Fsp3) is 0.698. The van der Waals surface area contributed by atoms with Gasteiger partial charge in [-0.3, -0.25) is 23.4 Å². The maximum absolute atomic E-state index is 12.6. The van der Waals surface area contributed by atoms with Crippen LogP contribution in [0.1, 0.15) is 162 Å². The lowest BCUT2D eigenvalue weighted by molar-refractivity contribution is -0.161. The number of carboxylic acids is 1. The molecule has 0 aliphatic carbocycles. The van der Waals surface area contributed by atoms with Crippen molar-refractivity contribution in [3.63, 3.8) is 0 Å². The maximum atomic E-state index is 12.6. The molecule has 11 nitrogen and oxygen atoms in total. The monoisotopic (exact) mass is 796 g/mol. The molecule has 0 saturated heterocycles. The molecular weight excluding hydrogens is 721 g/mol. The first-order valence-electron chi connectivity index (χ1n) is 20.8. The topological polar surface area (TPSA) is 172 Å². The van der Waals surface area contributed by atoms with Crippen LogP contribution in [0.5, 0.6) is 0 Å². The van der Waals surface area contributed by atoms with E-state index in [-0.39, 0.29) is 19.4 Å². The van der Waals surface area contributed by atoms with E-state index in [0.717, 1.165) is 103 Å². The Kier molecular flexibility index (Phi) is 36.1. The zero-order chi connectivity index (χ0) is 40.7. The van der Waals surface area contributed by atoms with Crippen LogP contribution in [-0.2, 0) is 37.5 Å². The molecule has 0 radical (unpaired) electrons.